The van der Waals surface area contributed by atoms with Crippen LogP contribution in [0.25, 0.3) is 0 Å². The zero-order valence-corrected chi connectivity index (χ0v) is 11.6. The average molecular weight is 305 g/mol. The summed E-state index contributed by atoms with van der Waals surface area (Å²) in [4.78, 5) is 29.5. The fraction of sp³-hybridized carbons (Fsp3) is 0.364. The van der Waals surface area contributed by atoms with E-state index in [9.17, 15) is 14.5 Å². The van der Waals surface area contributed by atoms with Gasteiger partial charge in [-0.3, -0.25) is 9.36 Å². The average Bonchev–Trinajstić information content (AvgIpc) is 2.37. The first-order chi connectivity index (χ1) is 9.28. The van der Waals surface area contributed by atoms with Crippen molar-refractivity contribution in [3.8, 4) is 5.75 Å². The highest BCUT2D eigenvalue weighted by molar-refractivity contribution is 7.53. The lowest BCUT2D eigenvalue weighted by molar-refractivity contribution is -0.148. The molecular formula is C11H16NO7P. The van der Waals surface area contributed by atoms with Crippen molar-refractivity contribution in [3.05, 3.63) is 30.3 Å². The van der Waals surface area contributed by atoms with Crippen LogP contribution in [0.3, 0.4) is 0 Å². The van der Waals surface area contributed by atoms with E-state index in [0.29, 0.717) is 0 Å². The standard InChI is InChI=1S/C11H16NO7P/c1-2-18-10(13)8-12-11(14,20(15,16)17)19-9-6-4-3-5-7-9/h3-7,12,14H,2,8H2,1H3,(H2,15,16,17). The number of para-hydroxylation sites is 1. The van der Waals surface area contributed by atoms with Crippen LogP contribution < -0.4 is 10.1 Å². The van der Waals surface area contributed by atoms with Gasteiger partial charge in [-0.15, -0.1) is 0 Å². The molecule has 1 aromatic rings. The maximum Gasteiger partial charge on any atom is 0.414 e. The summed E-state index contributed by atoms with van der Waals surface area (Å²) in [7, 11) is -5.11. The van der Waals surface area contributed by atoms with Crippen molar-refractivity contribution in [2.24, 2.45) is 0 Å². The molecule has 0 aliphatic heterocycles. The molecular weight excluding hydrogens is 289 g/mol. The van der Waals surface area contributed by atoms with Gasteiger partial charge in [0.25, 0.3) is 0 Å². The molecule has 0 aliphatic carbocycles. The number of hydrogen-bond acceptors (Lipinski definition) is 6. The molecule has 4 N–H and O–H groups in total. The second kappa shape index (κ2) is 6.83. The van der Waals surface area contributed by atoms with Crippen LogP contribution >= 0.6 is 7.60 Å². The van der Waals surface area contributed by atoms with Gasteiger partial charge in [-0.1, -0.05) is 18.2 Å². The van der Waals surface area contributed by atoms with E-state index in [0.717, 1.165) is 0 Å². The summed E-state index contributed by atoms with van der Waals surface area (Å²) < 4.78 is 20.8. The molecule has 0 amide bonds. The fourth-order valence-corrected chi connectivity index (χ4v) is 1.76. The molecule has 0 aromatic heterocycles. The molecule has 0 heterocycles. The Hall–Kier alpha value is -1.44. The number of aliphatic hydroxyl groups is 1. The van der Waals surface area contributed by atoms with Gasteiger partial charge in [-0.05, 0) is 19.1 Å². The summed E-state index contributed by atoms with van der Waals surface area (Å²) >= 11 is 0. The van der Waals surface area contributed by atoms with Gasteiger partial charge in [0.2, 0.25) is 0 Å². The van der Waals surface area contributed by atoms with Crippen LogP contribution in [-0.4, -0.2) is 39.7 Å². The number of carbonyl (C=O) groups excluding carboxylic acids is 1. The van der Waals surface area contributed by atoms with Crippen molar-refractivity contribution in [2.75, 3.05) is 13.2 Å². The van der Waals surface area contributed by atoms with Crippen molar-refractivity contribution in [3.63, 3.8) is 0 Å². The van der Waals surface area contributed by atoms with E-state index >= 15 is 0 Å². The number of rotatable bonds is 7. The van der Waals surface area contributed by atoms with Crippen molar-refractivity contribution in [2.45, 2.75) is 12.6 Å². The van der Waals surface area contributed by atoms with Gasteiger partial charge < -0.3 is 24.4 Å². The Morgan fingerprint density at radius 2 is 1.95 bits per heavy atom. The van der Waals surface area contributed by atoms with Crippen LogP contribution in [0.5, 0.6) is 5.75 Å². The highest BCUT2D eigenvalue weighted by Crippen LogP contribution is 2.47. The summed E-state index contributed by atoms with van der Waals surface area (Å²) in [5, 5.41) is 11.9. The fourth-order valence-electron chi connectivity index (χ4n) is 1.25. The van der Waals surface area contributed by atoms with E-state index in [1.54, 1.807) is 25.1 Å². The third kappa shape index (κ3) is 4.59. The predicted molar refractivity (Wildman–Crippen MR) is 68.7 cm³/mol. The number of carbonyl (C=O) groups is 1. The number of esters is 1. The molecule has 0 spiro atoms. The summed E-state index contributed by atoms with van der Waals surface area (Å²) in [6.07, 6.45) is 0. The molecule has 0 aliphatic rings. The minimum Gasteiger partial charge on any atom is -0.465 e. The van der Waals surface area contributed by atoms with Crippen LogP contribution in [0.2, 0.25) is 0 Å². The monoisotopic (exact) mass is 305 g/mol. The van der Waals surface area contributed by atoms with Crippen molar-refractivity contribution < 1.29 is 33.7 Å². The Morgan fingerprint density at radius 3 is 2.45 bits per heavy atom. The zero-order valence-electron chi connectivity index (χ0n) is 10.7. The lowest BCUT2D eigenvalue weighted by Gasteiger charge is -2.29. The lowest BCUT2D eigenvalue weighted by Crippen LogP contribution is -2.52. The maximum atomic E-state index is 11.3. The molecule has 20 heavy (non-hydrogen) atoms. The van der Waals surface area contributed by atoms with Gasteiger partial charge in [0, 0.05) is 0 Å². The van der Waals surface area contributed by atoms with E-state index < -0.39 is 25.8 Å². The predicted octanol–water partition coefficient (Wildman–Crippen LogP) is -0.000600. The number of benzene rings is 1. The summed E-state index contributed by atoms with van der Waals surface area (Å²) in [6.45, 7) is 1.06. The van der Waals surface area contributed by atoms with E-state index in [2.05, 4.69) is 4.74 Å². The Kier molecular flexibility index (Phi) is 5.67. The first-order valence-corrected chi connectivity index (χ1v) is 7.32. The van der Waals surface area contributed by atoms with Gasteiger partial charge in [-0.2, -0.15) is 0 Å². The summed E-state index contributed by atoms with van der Waals surface area (Å²) in [5.41, 5.74) is -3.01. The van der Waals surface area contributed by atoms with Gasteiger partial charge >= 0.3 is 19.2 Å². The first-order valence-electron chi connectivity index (χ1n) is 5.71. The molecule has 1 aromatic carbocycles. The first kappa shape index (κ1) is 16.6. The second-order valence-corrected chi connectivity index (χ2v) is 5.42. The van der Waals surface area contributed by atoms with Gasteiger partial charge in [0.1, 0.15) is 12.3 Å². The Labute approximate surface area is 115 Å². The number of hydrogen-bond donors (Lipinski definition) is 4. The van der Waals surface area contributed by atoms with Crippen molar-refractivity contribution in [1.82, 2.24) is 5.32 Å². The molecule has 9 heteroatoms. The Morgan fingerprint density at radius 1 is 1.35 bits per heavy atom. The summed E-state index contributed by atoms with van der Waals surface area (Å²) in [6, 6.07) is 7.57. The van der Waals surface area contributed by atoms with Crippen LogP contribution in [0.1, 0.15) is 6.92 Å². The number of ether oxygens (including phenoxy) is 2. The van der Waals surface area contributed by atoms with E-state index in [4.69, 9.17) is 14.5 Å². The van der Waals surface area contributed by atoms with Gasteiger partial charge in [0.05, 0.1) is 6.61 Å². The molecule has 0 saturated carbocycles. The van der Waals surface area contributed by atoms with E-state index in [-0.39, 0.29) is 12.4 Å². The normalized spacial score (nSPS) is 14.4. The molecule has 1 rings (SSSR count). The quantitative estimate of drug-likeness (QED) is 0.315. The molecule has 0 bridgehead atoms. The van der Waals surface area contributed by atoms with Gasteiger partial charge in [-0.25, -0.2) is 5.32 Å². The van der Waals surface area contributed by atoms with Crippen LogP contribution in [0.4, 0.5) is 0 Å². The smallest absolute Gasteiger partial charge is 0.414 e. The highest BCUT2D eigenvalue weighted by atomic mass is 31.2. The Bertz CT molecular complexity index is 489. The van der Waals surface area contributed by atoms with Crippen molar-refractivity contribution >= 4 is 13.6 Å². The third-order valence-electron chi connectivity index (χ3n) is 2.17. The molecule has 0 fully saturated rings. The Balaban J connectivity index is 2.82. The van der Waals surface area contributed by atoms with Gasteiger partial charge in [0.15, 0.2) is 0 Å². The highest BCUT2D eigenvalue weighted by Gasteiger charge is 2.49. The minimum absolute atomic E-state index is 0.0229. The second-order valence-electron chi connectivity index (χ2n) is 3.73. The number of nitrogens with one attached hydrogen (secondary N) is 1. The van der Waals surface area contributed by atoms with Crippen LogP contribution in [-0.2, 0) is 14.1 Å². The maximum absolute atomic E-state index is 11.3. The molecule has 1 atom stereocenters. The van der Waals surface area contributed by atoms with E-state index in [1.165, 1.54) is 12.1 Å². The van der Waals surface area contributed by atoms with Crippen LogP contribution in [0, 0.1) is 0 Å². The SMILES string of the molecule is CCOC(=O)CNC(O)(Oc1ccccc1)P(=O)(O)O. The lowest BCUT2D eigenvalue weighted by atomic mass is 10.3. The summed E-state index contributed by atoms with van der Waals surface area (Å²) in [5.74, 6) is -0.759. The van der Waals surface area contributed by atoms with Crippen molar-refractivity contribution in [1.29, 1.82) is 0 Å². The molecule has 0 saturated heterocycles. The molecule has 112 valence electrons. The third-order valence-corrected chi connectivity index (χ3v) is 3.21. The molecule has 8 nitrogen and oxygen atoms in total. The molecule has 1 unspecified atom stereocenters. The zero-order chi connectivity index (χ0) is 15.2. The topological polar surface area (TPSA) is 125 Å². The minimum atomic E-state index is -5.11. The largest absolute Gasteiger partial charge is 0.465 e. The van der Waals surface area contributed by atoms with E-state index in [1.807, 2.05) is 5.32 Å². The molecule has 0 radical (unpaired) electrons. The van der Waals surface area contributed by atoms with Crippen LogP contribution in [0.15, 0.2) is 30.3 Å².